The molecular weight excluding hydrogens is 275 g/mol. The number of phenolic OH excluding ortho intramolecular Hbond substituents is 1. The van der Waals surface area contributed by atoms with Crippen LogP contribution >= 0.6 is 0 Å². The number of halogens is 1. The van der Waals surface area contributed by atoms with Crippen molar-refractivity contribution in [2.45, 2.75) is 25.7 Å². The molecule has 1 heterocycles. The first-order valence-corrected chi connectivity index (χ1v) is 7.12. The maximum absolute atomic E-state index is 12.8. The second-order valence-corrected chi connectivity index (χ2v) is 5.11. The molecule has 5 nitrogen and oxygen atoms in total. The summed E-state index contributed by atoms with van der Waals surface area (Å²) in [6, 6.07) is 3.20. The Morgan fingerprint density at radius 3 is 2.62 bits per heavy atom. The summed E-state index contributed by atoms with van der Waals surface area (Å²) in [4.78, 5) is 25.5. The molecule has 0 saturated carbocycles. The molecule has 114 valence electrons. The summed E-state index contributed by atoms with van der Waals surface area (Å²) < 4.78 is 12.8. The summed E-state index contributed by atoms with van der Waals surface area (Å²) in [5.41, 5.74) is 0.00169. The fourth-order valence-corrected chi connectivity index (χ4v) is 2.38. The molecule has 2 N–H and O–H groups in total. The van der Waals surface area contributed by atoms with Gasteiger partial charge in [0.2, 0.25) is 5.91 Å². The zero-order valence-corrected chi connectivity index (χ0v) is 11.8. The number of carbonyl (C=O) groups excluding carboxylic acids is 2. The summed E-state index contributed by atoms with van der Waals surface area (Å²) in [7, 11) is 0. The lowest BCUT2D eigenvalue weighted by molar-refractivity contribution is -0.131. The number of benzene rings is 1. The van der Waals surface area contributed by atoms with Crippen molar-refractivity contribution >= 4 is 11.8 Å². The predicted octanol–water partition coefficient (Wildman–Crippen LogP) is 1.66. The third-order valence-corrected chi connectivity index (χ3v) is 3.54. The molecule has 0 bridgehead atoms. The van der Waals surface area contributed by atoms with Crippen LogP contribution in [0, 0.1) is 5.82 Å². The monoisotopic (exact) mass is 294 g/mol. The molecule has 1 aromatic carbocycles. The lowest BCUT2D eigenvalue weighted by Gasteiger charge is -2.26. The van der Waals surface area contributed by atoms with E-state index in [-0.39, 0.29) is 24.4 Å². The number of hydrogen-bond acceptors (Lipinski definition) is 3. The number of aromatic hydroxyl groups is 1. The van der Waals surface area contributed by atoms with Gasteiger partial charge in [-0.05, 0) is 31.4 Å². The second-order valence-electron chi connectivity index (χ2n) is 5.11. The first kappa shape index (κ1) is 15.3. The average Bonchev–Trinajstić information content (AvgIpc) is 2.47. The van der Waals surface area contributed by atoms with Crippen molar-refractivity contribution in [3.8, 4) is 5.75 Å². The molecule has 1 aliphatic heterocycles. The van der Waals surface area contributed by atoms with E-state index in [9.17, 15) is 19.1 Å². The quantitative estimate of drug-likeness (QED) is 0.887. The Labute approximate surface area is 122 Å². The first-order valence-electron chi connectivity index (χ1n) is 7.12. The van der Waals surface area contributed by atoms with Gasteiger partial charge < -0.3 is 15.3 Å². The molecule has 21 heavy (non-hydrogen) atoms. The number of hydrogen-bond donors (Lipinski definition) is 2. The minimum atomic E-state index is -0.607. The standard InChI is InChI=1S/C15H19FN2O3/c16-11-4-5-12(13(19)10-11)15(21)17-7-6-14(20)18-8-2-1-3-9-18/h4-5,10,19H,1-3,6-9H2,(H,17,21). The highest BCUT2D eigenvalue weighted by molar-refractivity contribution is 5.96. The van der Waals surface area contributed by atoms with Gasteiger partial charge in [-0.25, -0.2) is 4.39 Å². The Balaban J connectivity index is 1.79. The zero-order valence-electron chi connectivity index (χ0n) is 11.8. The van der Waals surface area contributed by atoms with E-state index in [2.05, 4.69) is 5.32 Å². The summed E-state index contributed by atoms with van der Waals surface area (Å²) in [5.74, 6) is -1.50. The molecule has 1 saturated heterocycles. The normalized spacial score (nSPS) is 14.8. The highest BCUT2D eigenvalue weighted by atomic mass is 19.1. The third kappa shape index (κ3) is 4.18. The van der Waals surface area contributed by atoms with E-state index in [4.69, 9.17) is 0 Å². The van der Waals surface area contributed by atoms with Crippen molar-refractivity contribution in [1.82, 2.24) is 10.2 Å². The molecule has 1 aliphatic rings. The van der Waals surface area contributed by atoms with Crippen LogP contribution in [-0.2, 0) is 4.79 Å². The van der Waals surface area contributed by atoms with E-state index >= 15 is 0 Å². The van der Waals surface area contributed by atoms with Crippen LogP contribution in [0.5, 0.6) is 5.75 Å². The fraction of sp³-hybridized carbons (Fsp3) is 0.467. The predicted molar refractivity (Wildman–Crippen MR) is 75.4 cm³/mol. The smallest absolute Gasteiger partial charge is 0.255 e. The van der Waals surface area contributed by atoms with Crippen molar-refractivity contribution in [2.75, 3.05) is 19.6 Å². The van der Waals surface area contributed by atoms with Crippen LogP contribution in [0.1, 0.15) is 36.0 Å². The largest absolute Gasteiger partial charge is 0.507 e. The molecule has 0 radical (unpaired) electrons. The first-order chi connectivity index (χ1) is 10.1. The van der Waals surface area contributed by atoms with Crippen LogP contribution in [-0.4, -0.2) is 41.5 Å². The van der Waals surface area contributed by atoms with E-state index < -0.39 is 17.5 Å². The topological polar surface area (TPSA) is 69.6 Å². The zero-order chi connectivity index (χ0) is 15.2. The molecule has 2 amide bonds. The number of piperidine rings is 1. The molecule has 0 spiro atoms. The summed E-state index contributed by atoms with van der Waals surface area (Å²) >= 11 is 0. The molecule has 6 heteroatoms. The Kier molecular flexibility index (Phi) is 5.14. The molecule has 2 rings (SSSR count). The lowest BCUT2D eigenvalue weighted by Crippen LogP contribution is -2.37. The van der Waals surface area contributed by atoms with E-state index in [0.29, 0.717) is 0 Å². The van der Waals surface area contributed by atoms with Gasteiger partial charge in [0.1, 0.15) is 11.6 Å². The number of amides is 2. The number of likely N-dealkylation sites (tertiary alicyclic amines) is 1. The minimum absolute atomic E-state index is 0.00169. The van der Waals surface area contributed by atoms with Gasteiger partial charge >= 0.3 is 0 Å². The van der Waals surface area contributed by atoms with Gasteiger partial charge in [-0.1, -0.05) is 0 Å². The van der Waals surface area contributed by atoms with Crippen LogP contribution in [0.15, 0.2) is 18.2 Å². The SMILES string of the molecule is O=C(NCCC(=O)N1CCCCC1)c1ccc(F)cc1O. The Morgan fingerprint density at radius 1 is 1.24 bits per heavy atom. The van der Waals surface area contributed by atoms with Crippen molar-refractivity contribution in [3.63, 3.8) is 0 Å². The number of nitrogens with zero attached hydrogens (tertiary/aromatic N) is 1. The highest BCUT2D eigenvalue weighted by Gasteiger charge is 2.17. The van der Waals surface area contributed by atoms with Crippen LogP contribution in [0.2, 0.25) is 0 Å². The highest BCUT2D eigenvalue weighted by Crippen LogP contribution is 2.17. The van der Waals surface area contributed by atoms with E-state index in [0.717, 1.165) is 44.5 Å². The van der Waals surface area contributed by atoms with Crippen molar-refractivity contribution in [1.29, 1.82) is 0 Å². The summed E-state index contributed by atoms with van der Waals surface area (Å²) in [6.07, 6.45) is 3.45. The van der Waals surface area contributed by atoms with Gasteiger partial charge in [-0.3, -0.25) is 9.59 Å². The molecule has 0 aliphatic carbocycles. The van der Waals surface area contributed by atoms with Gasteiger partial charge in [-0.2, -0.15) is 0 Å². The summed E-state index contributed by atoms with van der Waals surface area (Å²) in [6.45, 7) is 1.77. The molecule has 1 fully saturated rings. The van der Waals surface area contributed by atoms with Crippen LogP contribution in [0.3, 0.4) is 0 Å². The van der Waals surface area contributed by atoms with Crippen molar-refractivity contribution < 1.29 is 19.1 Å². The molecule has 1 aromatic rings. The van der Waals surface area contributed by atoms with E-state index in [1.165, 1.54) is 6.07 Å². The Morgan fingerprint density at radius 2 is 1.95 bits per heavy atom. The average molecular weight is 294 g/mol. The van der Waals surface area contributed by atoms with Gasteiger partial charge in [0.05, 0.1) is 5.56 Å². The second kappa shape index (κ2) is 7.06. The van der Waals surface area contributed by atoms with E-state index in [1.54, 1.807) is 0 Å². The van der Waals surface area contributed by atoms with Gasteiger partial charge in [0.15, 0.2) is 0 Å². The Hall–Kier alpha value is -2.11. The van der Waals surface area contributed by atoms with Crippen LogP contribution in [0.4, 0.5) is 4.39 Å². The van der Waals surface area contributed by atoms with Gasteiger partial charge in [-0.15, -0.1) is 0 Å². The van der Waals surface area contributed by atoms with Crippen molar-refractivity contribution in [2.24, 2.45) is 0 Å². The van der Waals surface area contributed by atoms with Crippen molar-refractivity contribution in [3.05, 3.63) is 29.6 Å². The van der Waals surface area contributed by atoms with Crippen LogP contribution < -0.4 is 5.32 Å². The maximum Gasteiger partial charge on any atom is 0.255 e. The maximum atomic E-state index is 12.8. The number of nitrogens with one attached hydrogen (secondary N) is 1. The van der Waals surface area contributed by atoms with Crippen LogP contribution in [0.25, 0.3) is 0 Å². The number of phenols is 1. The van der Waals surface area contributed by atoms with Gasteiger partial charge in [0.25, 0.3) is 5.91 Å². The summed E-state index contributed by atoms with van der Waals surface area (Å²) in [5, 5.41) is 12.1. The molecule has 0 aromatic heterocycles. The third-order valence-electron chi connectivity index (χ3n) is 3.54. The molecular formula is C15H19FN2O3. The lowest BCUT2D eigenvalue weighted by atomic mass is 10.1. The van der Waals surface area contributed by atoms with E-state index in [1.807, 2.05) is 4.90 Å². The number of rotatable bonds is 4. The molecule has 0 unspecified atom stereocenters. The minimum Gasteiger partial charge on any atom is -0.507 e. The number of carbonyl (C=O) groups is 2. The van der Waals surface area contributed by atoms with Gasteiger partial charge in [0, 0.05) is 32.1 Å². The molecule has 0 atom stereocenters. The Bertz CT molecular complexity index is 528. The fourth-order valence-electron chi connectivity index (χ4n) is 2.38.